The topological polar surface area (TPSA) is 81.6 Å². The van der Waals surface area contributed by atoms with Crippen molar-refractivity contribution < 1.29 is 17.9 Å². The molecule has 1 unspecified atom stereocenters. The van der Waals surface area contributed by atoms with E-state index in [-0.39, 0.29) is 11.9 Å². The summed E-state index contributed by atoms with van der Waals surface area (Å²) in [7, 11) is -3.20. The molecule has 0 aromatic carbocycles. The zero-order chi connectivity index (χ0) is 19.6. The van der Waals surface area contributed by atoms with Crippen molar-refractivity contribution in [2.24, 2.45) is 0 Å². The highest BCUT2D eigenvalue weighted by Gasteiger charge is 2.33. The number of fused-ring (bicyclic) bond motifs is 1. The zero-order valence-electron chi connectivity index (χ0n) is 16.7. The molecule has 2 aliphatic heterocycles. The predicted molar refractivity (Wildman–Crippen MR) is 106 cm³/mol. The van der Waals surface area contributed by atoms with Crippen molar-refractivity contribution in [3.63, 3.8) is 0 Å². The van der Waals surface area contributed by atoms with Gasteiger partial charge in [-0.05, 0) is 32.1 Å². The van der Waals surface area contributed by atoms with E-state index in [0.717, 1.165) is 62.0 Å². The summed E-state index contributed by atoms with van der Waals surface area (Å²) in [5, 5.41) is 0. The van der Waals surface area contributed by atoms with Crippen LogP contribution in [0.15, 0.2) is 0 Å². The molecule has 0 spiro atoms. The molecule has 3 heterocycles. The Balaban J connectivity index is 1.52. The molecule has 0 radical (unpaired) electrons. The Morgan fingerprint density at radius 3 is 2.79 bits per heavy atom. The molecule has 0 amide bonds. The molecule has 3 aliphatic rings. The van der Waals surface area contributed by atoms with Crippen molar-refractivity contribution in [1.29, 1.82) is 0 Å². The standard InChI is InChI=1S/C20H31N3O4S/c1-2-3-13-28(24,25)23-10-4-5-16(14-23)27-20-17-8-11-26-12-9-18(17)21-19(22-20)15-6-7-15/h15-16H,2-14H2,1H3. The van der Waals surface area contributed by atoms with Crippen LogP contribution in [0.4, 0.5) is 0 Å². The largest absolute Gasteiger partial charge is 0.473 e. The average Bonchev–Trinajstić information content (AvgIpc) is 3.53. The molecule has 2 fully saturated rings. The summed E-state index contributed by atoms with van der Waals surface area (Å²) < 4.78 is 38.8. The van der Waals surface area contributed by atoms with Gasteiger partial charge in [0, 0.05) is 30.9 Å². The third-order valence-electron chi connectivity index (χ3n) is 5.76. The lowest BCUT2D eigenvalue weighted by atomic mass is 10.1. The minimum Gasteiger partial charge on any atom is -0.473 e. The molecule has 4 rings (SSSR count). The predicted octanol–water partition coefficient (Wildman–Crippen LogP) is 2.44. The fraction of sp³-hybridized carbons (Fsp3) is 0.800. The number of ether oxygens (including phenoxy) is 2. The van der Waals surface area contributed by atoms with Crippen molar-refractivity contribution in [3.05, 3.63) is 17.1 Å². The van der Waals surface area contributed by atoms with E-state index in [0.29, 0.717) is 44.5 Å². The highest BCUT2D eigenvalue weighted by Crippen LogP contribution is 2.40. The minimum absolute atomic E-state index is 0.152. The fourth-order valence-corrected chi connectivity index (χ4v) is 5.63. The Morgan fingerprint density at radius 1 is 1.18 bits per heavy atom. The lowest BCUT2D eigenvalue weighted by Crippen LogP contribution is -2.45. The molecule has 1 aromatic heterocycles. The van der Waals surface area contributed by atoms with Gasteiger partial charge < -0.3 is 9.47 Å². The Labute approximate surface area is 167 Å². The third-order valence-corrected chi connectivity index (χ3v) is 7.69. The van der Waals surface area contributed by atoms with E-state index >= 15 is 0 Å². The summed E-state index contributed by atoms with van der Waals surface area (Å²) in [6, 6.07) is 0. The molecule has 1 saturated heterocycles. The lowest BCUT2D eigenvalue weighted by molar-refractivity contribution is 0.121. The number of unbranched alkanes of at least 4 members (excludes halogenated alkanes) is 1. The van der Waals surface area contributed by atoms with Crippen LogP contribution in [0.2, 0.25) is 0 Å². The highest BCUT2D eigenvalue weighted by atomic mass is 32.2. The molecule has 1 saturated carbocycles. The van der Waals surface area contributed by atoms with Crippen molar-refractivity contribution in [1.82, 2.24) is 14.3 Å². The van der Waals surface area contributed by atoms with Gasteiger partial charge in [-0.15, -0.1) is 0 Å². The van der Waals surface area contributed by atoms with Gasteiger partial charge in [-0.2, -0.15) is 9.29 Å². The number of sulfonamides is 1. The Hall–Kier alpha value is -1.25. The quantitative estimate of drug-likeness (QED) is 0.688. The second kappa shape index (κ2) is 8.63. The summed E-state index contributed by atoms with van der Waals surface area (Å²) in [6.07, 6.45) is 6.93. The number of rotatable bonds is 7. The van der Waals surface area contributed by atoms with Crippen LogP contribution in [-0.4, -0.2) is 60.9 Å². The second-order valence-electron chi connectivity index (χ2n) is 8.11. The van der Waals surface area contributed by atoms with E-state index in [1.165, 1.54) is 0 Å². The van der Waals surface area contributed by atoms with Crippen molar-refractivity contribution in [2.45, 2.75) is 70.3 Å². The van der Waals surface area contributed by atoms with Gasteiger partial charge in [0.1, 0.15) is 11.9 Å². The maximum absolute atomic E-state index is 12.6. The molecule has 0 bridgehead atoms. The van der Waals surface area contributed by atoms with Gasteiger partial charge in [-0.3, -0.25) is 0 Å². The Kier molecular flexibility index (Phi) is 6.18. The van der Waals surface area contributed by atoms with Gasteiger partial charge in [0.05, 0.1) is 31.2 Å². The molecular formula is C20H31N3O4S. The smallest absolute Gasteiger partial charge is 0.220 e. The average molecular weight is 410 g/mol. The number of hydrogen-bond acceptors (Lipinski definition) is 6. The molecule has 1 atom stereocenters. The normalized spacial score (nSPS) is 23.8. The van der Waals surface area contributed by atoms with Gasteiger partial charge >= 0.3 is 0 Å². The number of aromatic nitrogens is 2. The number of nitrogens with zero attached hydrogens (tertiary/aromatic N) is 3. The Morgan fingerprint density at radius 2 is 2.00 bits per heavy atom. The van der Waals surface area contributed by atoms with Gasteiger partial charge in [-0.1, -0.05) is 13.3 Å². The summed E-state index contributed by atoms with van der Waals surface area (Å²) in [5.74, 6) is 2.23. The van der Waals surface area contributed by atoms with Crippen LogP contribution < -0.4 is 4.74 Å². The Bertz CT molecular complexity index is 795. The molecule has 156 valence electrons. The van der Waals surface area contributed by atoms with E-state index in [1.54, 1.807) is 4.31 Å². The first-order valence-corrected chi connectivity index (χ1v) is 12.3. The molecular weight excluding hydrogens is 378 g/mol. The van der Waals surface area contributed by atoms with Crippen molar-refractivity contribution >= 4 is 10.0 Å². The first kappa shape index (κ1) is 20.0. The molecule has 28 heavy (non-hydrogen) atoms. The van der Waals surface area contributed by atoms with Crippen molar-refractivity contribution in [3.8, 4) is 5.88 Å². The molecule has 1 aliphatic carbocycles. The van der Waals surface area contributed by atoms with Gasteiger partial charge in [0.15, 0.2) is 0 Å². The van der Waals surface area contributed by atoms with Crippen LogP contribution >= 0.6 is 0 Å². The van der Waals surface area contributed by atoms with E-state index < -0.39 is 10.0 Å². The first-order valence-electron chi connectivity index (χ1n) is 10.7. The van der Waals surface area contributed by atoms with E-state index in [1.807, 2.05) is 6.92 Å². The zero-order valence-corrected chi connectivity index (χ0v) is 17.5. The van der Waals surface area contributed by atoms with E-state index in [4.69, 9.17) is 19.4 Å². The van der Waals surface area contributed by atoms with Crippen LogP contribution in [0.5, 0.6) is 5.88 Å². The van der Waals surface area contributed by atoms with Gasteiger partial charge in [-0.25, -0.2) is 13.4 Å². The first-order chi connectivity index (χ1) is 13.6. The van der Waals surface area contributed by atoms with Crippen LogP contribution in [0, 0.1) is 0 Å². The maximum Gasteiger partial charge on any atom is 0.220 e. The summed E-state index contributed by atoms with van der Waals surface area (Å²) >= 11 is 0. The fourth-order valence-electron chi connectivity index (χ4n) is 3.92. The van der Waals surface area contributed by atoms with Gasteiger partial charge in [0.2, 0.25) is 15.9 Å². The molecule has 8 heteroatoms. The molecule has 1 aromatic rings. The second-order valence-corrected chi connectivity index (χ2v) is 10.2. The minimum atomic E-state index is -3.20. The monoisotopic (exact) mass is 409 g/mol. The summed E-state index contributed by atoms with van der Waals surface area (Å²) in [4.78, 5) is 9.56. The van der Waals surface area contributed by atoms with Crippen molar-refractivity contribution in [2.75, 3.05) is 32.1 Å². The van der Waals surface area contributed by atoms with Crippen LogP contribution in [0.3, 0.4) is 0 Å². The third kappa shape index (κ3) is 4.66. The van der Waals surface area contributed by atoms with Gasteiger partial charge in [0.25, 0.3) is 0 Å². The summed E-state index contributed by atoms with van der Waals surface area (Å²) in [5.41, 5.74) is 2.10. The van der Waals surface area contributed by atoms with Crippen LogP contribution in [0.1, 0.15) is 68.4 Å². The number of hydrogen-bond donors (Lipinski definition) is 0. The van der Waals surface area contributed by atoms with E-state index in [9.17, 15) is 8.42 Å². The molecule has 0 N–H and O–H groups in total. The number of piperidine rings is 1. The molecule has 7 nitrogen and oxygen atoms in total. The highest BCUT2D eigenvalue weighted by molar-refractivity contribution is 7.89. The van der Waals surface area contributed by atoms with Crippen LogP contribution in [0.25, 0.3) is 0 Å². The summed E-state index contributed by atoms with van der Waals surface area (Å²) in [6.45, 7) is 4.35. The van der Waals surface area contributed by atoms with E-state index in [2.05, 4.69) is 0 Å². The maximum atomic E-state index is 12.6. The lowest BCUT2D eigenvalue weighted by Gasteiger charge is -2.32. The SMILES string of the molecule is CCCCS(=O)(=O)N1CCCC(Oc2nc(C3CC3)nc3c2CCOCC3)C1. The van der Waals surface area contributed by atoms with Crippen LogP contribution in [-0.2, 0) is 27.6 Å².